The van der Waals surface area contributed by atoms with Gasteiger partial charge in [0.25, 0.3) is 5.69 Å². The van der Waals surface area contributed by atoms with Crippen LogP contribution in [0.2, 0.25) is 0 Å². The Morgan fingerprint density at radius 1 is 1.44 bits per heavy atom. The number of hydrogen-bond donors (Lipinski definition) is 2. The summed E-state index contributed by atoms with van der Waals surface area (Å²) in [5.41, 5.74) is 1.05. The maximum atomic E-state index is 11.0. The van der Waals surface area contributed by atoms with E-state index in [1.165, 1.54) is 6.07 Å². The van der Waals surface area contributed by atoms with Crippen LogP contribution in [-0.4, -0.2) is 29.3 Å². The molecule has 0 bridgehead atoms. The monoisotopic (exact) mass is 252 g/mol. The minimum atomic E-state index is -0.430. The van der Waals surface area contributed by atoms with E-state index < -0.39 is 4.92 Å². The number of nitro groups is 1. The quantitative estimate of drug-likeness (QED) is 0.629. The van der Waals surface area contributed by atoms with Crippen molar-refractivity contribution in [3.63, 3.8) is 0 Å². The van der Waals surface area contributed by atoms with Crippen LogP contribution in [0.1, 0.15) is 18.4 Å². The zero-order chi connectivity index (χ0) is 13.0. The predicted molar refractivity (Wildman–Crippen MR) is 66.5 cm³/mol. The van der Waals surface area contributed by atoms with E-state index in [0.29, 0.717) is 24.5 Å². The summed E-state index contributed by atoms with van der Waals surface area (Å²) in [6, 6.07) is 4.95. The number of benzene rings is 1. The lowest BCUT2D eigenvalue weighted by atomic mass is 10.1. The molecule has 1 heterocycles. The third-order valence-electron chi connectivity index (χ3n) is 3.02. The molecule has 1 aromatic carbocycles. The van der Waals surface area contributed by atoms with Crippen molar-refractivity contribution >= 4 is 11.4 Å². The Morgan fingerprint density at radius 2 is 2.17 bits per heavy atom. The highest BCUT2D eigenvalue weighted by atomic mass is 16.6. The molecule has 0 amide bonds. The maximum Gasteiger partial charge on any atom is 0.292 e. The topological polar surface area (TPSA) is 84.6 Å². The number of ether oxygens (including phenoxy) is 1. The van der Waals surface area contributed by atoms with Gasteiger partial charge >= 0.3 is 0 Å². The van der Waals surface area contributed by atoms with Crippen LogP contribution < -0.4 is 5.32 Å². The van der Waals surface area contributed by atoms with Gasteiger partial charge in [0.1, 0.15) is 5.69 Å². The van der Waals surface area contributed by atoms with Crippen LogP contribution >= 0.6 is 0 Å². The Hall–Kier alpha value is -1.66. The third-order valence-corrected chi connectivity index (χ3v) is 3.02. The van der Waals surface area contributed by atoms with Crippen LogP contribution in [0.25, 0.3) is 0 Å². The lowest BCUT2D eigenvalue weighted by Gasteiger charge is -2.24. The van der Waals surface area contributed by atoms with Crippen molar-refractivity contribution in [1.29, 1.82) is 0 Å². The molecule has 1 aliphatic rings. The van der Waals surface area contributed by atoms with E-state index in [4.69, 9.17) is 9.84 Å². The van der Waals surface area contributed by atoms with Crippen LogP contribution in [0.15, 0.2) is 18.2 Å². The number of nitro benzene ring substituents is 1. The summed E-state index contributed by atoms with van der Waals surface area (Å²) in [6.07, 6.45) is 1.69. The van der Waals surface area contributed by atoms with Gasteiger partial charge in [-0.25, -0.2) is 0 Å². The first kappa shape index (κ1) is 12.8. The van der Waals surface area contributed by atoms with Gasteiger partial charge in [-0.2, -0.15) is 0 Å². The van der Waals surface area contributed by atoms with E-state index in [9.17, 15) is 10.1 Å². The molecule has 1 aliphatic heterocycles. The van der Waals surface area contributed by atoms with E-state index >= 15 is 0 Å². The molecule has 0 unspecified atom stereocenters. The molecule has 2 N–H and O–H groups in total. The fourth-order valence-electron chi connectivity index (χ4n) is 2.01. The first-order valence-electron chi connectivity index (χ1n) is 5.93. The van der Waals surface area contributed by atoms with Crippen molar-refractivity contribution in [3.8, 4) is 0 Å². The molecule has 0 atom stereocenters. The Balaban J connectivity index is 2.17. The third kappa shape index (κ3) is 2.96. The Bertz CT molecular complexity index is 430. The van der Waals surface area contributed by atoms with Gasteiger partial charge in [0.2, 0.25) is 0 Å². The summed E-state index contributed by atoms with van der Waals surface area (Å²) in [5, 5.41) is 23.2. The second kappa shape index (κ2) is 5.79. The number of nitrogens with one attached hydrogen (secondary N) is 1. The molecule has 0 aromatic heterocycles. The van der Waals surface area contributed by atoms with Gasteiger partial charge in [-0.1, -0.05) is 6.07 Å². The van der Waals surface area contributed by atoms with Crippen molar-refractivity contribution in [2.75, 3.05) is 18.5 Å². The van der Waals surface area contributed by atoms with Crippen LogP contribution in [0.4, 0.5) is 11.4 Å². The molecule has 0 radical (unpaired) electrons. The van der Waals surface area contributed by atoms with Crippen molar-refractivity contribution in [2.24, 2.45) is 0 Å². The van der Waals surface area contributed by atoms with E-state index in [2.05, 4.69) is 5.32 Å². The first-order chi connectivity index (χ1) is 8.70. The normalized spacial score (nSPS) is 16.5. The molecule has 2 rings (SSSR count). The Kier molecular flexibility index (Phi) is 4.11. The van der Waals surface area contributed by atoms with Gasteiger partial charge in [-0.05, 0) is 24.5 Å². The fourth-order valence-corrected chi connectivity index (χ4v) is 2.01. The highest BCUT2D eigenvalue weighted by molar-refractivity contribution is 5.63. The molecule has 98 valence electrons. The summed E-state index contributed by atoms with van der Waals surface area (Å²) in [6.45, 7) is 1.17. The van der Waals surface area contributed by atoms with Gasteiger partial charge in [-0.3, -0.25) is 10.1 Å². The van der Waals surface area contributed by atoms with Crippen molar-refractivity contribution in [3.05, 3.63) is 33.9 Å². The van der Waals surface area contributed by atoms with Gasteiger partial charge in [0.05, 0.1) is 11.5 Å². The minimum Gasteiger partial charge on any atom is -0.392 e. The second-order valence-electron chi connectivity index (χ2n) is 4.30. The Labute approximate surface area is 105 Å². The number of anilines is 1. The summed E-state index contributed by atoms with van der Waals surface area (Å²) in [4.78, 5) is 10.6. The molecule has 6 heteroatoms. The first-order valence-corrected chi connectivity index (χ1v) is 5.93. The van der Waals surface area contributed by atoms with Crippen LogP contribution in [0.3, 0.4) is 0 Å². The van der Waals surface area contributed by atoms with Crippen molar-refractivity contribution in [2.45, 2.75) is 25.5 Å². The smallest absolute Gasteiger partial charge is 0.292 e. The molecular weight excluding hydrogens is 236 g/mol. The molecule has 1 fully saturated rings. The summed E-state index contributed by atoms with van der Waals surface area (Å²) in [7, 11) is 0. The minimum absolute atomic E-state index is 0.00745. The summed E-state index contributed by atoms with van der Waals surface area (Å²) < 4.78 is 5.24. The highest BCUT2D eigenvalue weighted by Gasteiger charge is 2.19. The predicted octanol–water partition coefficient (Wildman–Crippen LogP) is 1.68. The molecule has 0 spiro atoms. The molecule has 0 saturated carbocycles. The standard InChI is InChI=1S/C12H16N2O4/c15-8-9-1-2-11(12(7-9)14(16)17)13-10-3-5-18-6-4-10/h1-2,7,10,13,15H,3-6,8H2. The van der Waals surface area contributed by atoms with Crippen LogP contribution in [-0.2, 0) is 11.3 Å². The average Bonchev–Trinajstić information content (AvgIpc) is 2.40. The Morgan fingerprint density at radius 3 is 2.78 bits per heavy atom. The number of aliphatic hydroxyl groups is 1. The van der Waals surface area contributed by atoms with E-state index in [1.54, 1.807) is 12.1 Å². The maximum absolute atomic E-state index is 11.0. The van der Waals surface area contributed by atoms with Crippen molar-refractivity contribution < 1.29 is 14.8 Å². The van der Waals surface area contributed by atoms with E-state index in [-0.39, 0.29) is 18.3 Å². The zero-order valence-electron chi connectivity index (χ0n) is 9.96. The summed E-state index contributed by atoms with van der Waals surface area (Å²) >= 11 is 0. The lowest BCUT2D eigenvalue weighted by Crippen LogP contribution is -2.28. The molecule has 0 aliphatic carbocycles. The van der Waals surface area contributed by atoms with E-state index in [0.717, 1.165) is 12.8 Å². The molecule has 1 aromatic rings. The largest absolute Gasteiger partial charge is 0.392 e. The summed E-state index contributed by atoms with van der Waals surface area (Å²) in [5.74, 6) is 0. The van der Waals surface area contributed by atoms with Gasteiger partial charge in [0, 0.05) is 25.3 Å². The second-order valence-corrected chi connectivity index (χ2v) is 4.30. The number of hydrogen-bond acceptors (Lipinski definition) is 5. The molecule has 6 nitrogen and oxygen atoms in total. The zero-order valence-corrected chi connectivity index (χ0v) is 9.96. The molecular formula is C12H16N2O4. The van der Waals surface area contributed by atoms with Gasteiger partial charge in [0.15, 0.2) is 0 Å². The van der Waals surface area contributed by atoms with Crippen LogP contribution in [0, 0.1) is 10.1 Å². The number of aliphatic hydroxyl groups excluding tert-OH is 1. The average molecular weight is 252 g/mol. The van der Waals surface area contributed by atoms with E-state index in [1.807, 2.05) is 0 Å². The number of nitrogens with zero attached hydrogens (tertiary/aromatic N) is 1. The number of rotatable bonds is 4. The lowest BCUT2D eigenvalue weighted by molar-refractivity contribution is -0.384. The SMILES string of the molecule is O=[N+]([O-])c1cc(CO)ccc1NC1CCOCC1. The molecule has 18 heavy (non-hydrogen) atoms. The fraction of sp³-hybridized carbons (Fsp3) is 0.500. The molecule has 1 saturated heterocycles. The van der Waals surface area contributed by atoms with Crippen molar-refractivity contribution in [1.82, 2.24) is 0 Å². The van der Waals surface area contributed by atoms with Crippen LogP contribution in [0.5, 0.6) is 0 Å². The van der Waals surface area contributed by atoms with Gasteiger partial charge in [-0.15, -0.1) is 0 Å². The van der Waals surface area contributed by atoms with Gasteiger partial charge < -0.3 is 15.2 Å². The highest BCUT2D eigenvalue weighted by Crippen LogP contribution is 2.27.